The summed E-state index contributed by atoms with van der Waals surface area (Å²) in [6.07, 6.45) is 2.87. The highest BCUT2D eigenvalue weighted by Gasteiger charge is 2.13. The van der Waals surface area contributed by atoms with Crippen molar-refractivity contribution in [1.82, 2.24) is 9.78 Å². The van der Waals surface area contributed by atoms with E-state index in [1.807, 2.05) is 24.9 Å². The van der Waals surface area contributed by atoms with Gasteiger partial charge in [-0.2, -0.15) is 5.10 Å². The summed E-state index contributed by atoms with van der Waals surface area (Å²) in [5, 5.41) is 4.35. The first-order chi connectivity index (χ1) is 8.45. The Morgan fingerprint density at radius 1 is 1.17 bits per heavy atom. The van der Waals surface area contributed by atoms with Gasteiger partial charge in [0.2, 0.25) is 0 Å². The third-order valence-electron chi connectivity index (χ3n) is 3.19. The van der Waals surface area contributed by atoms with Gasteiger partial charge in [0.15, 0.2) is 0 Å². The van der Waals surface area contributed by atoms with E-state index in [0.717, 1.165) is 17.7 Å². The molecule has 0 amide bonds. The molecule has 1 aromatic carbocycles. The van der Waals surface area contributed by atoms with Crippen molar-refractivity contribution >= 4 is 0 Å². The molecule has 0 bridgehead atoms. The zero-order valence-electron chi connectivity index (χ0n) is 11.6. The van der Waals surface area contributed by atoms with E-state index in [4.69, 9.17) is 5.73 Å². The minimum atomic E-state index is 0.0138. The predicted octanol–water partition coefficient (Wildman–Crippen LogP) is 2.59. The molecule has 0 fully saturated rings. The fraction of sp³-hybridized carbons (Fsp3) is 0.400. The molecule has 0 radical (unpaired) electrons. The second kappa shape index (κ2) is 4.94. The topological polar surface area (TPSA) is 43.8 Å². The van der Waals surface area contributed by atoms with Crippen LogP contribution in [-0.2, 0) is 13.5 Å². The summed E-state index contributed by atoms with van der Waals surface area (Å²) < 4.78 is 1.83. The Morgan fingerprint density at radius 3 is 2.28 bits per heavy atom. The van der Waals surface area contributed by atoms with Gasteiger partial charge in [-0.1, -0.05) is 29.3 Å². The van der Waals surface area contributed by atoms with Gasteiger partial charge >= 0.3 is 0 Å². The van der Waals surface area contributed by atoms with Gasteiger partial charge in [-0.3, -0.25) is 4.68 Å². The molecule has 96 valence electrons. The van der Waals surface area contributed by atoms with E-state index in [2.05, 4.69) is 37.1 Å². The largest absolute Gasteiger partial charge is 0.324 e. The second-order valence-electron chi connectivity index (χ2n) is 5.15. The van der Waals surface area contributed by atoms with Crippen molar-refractivity contribution in [2.24, 2.45) is 12.8 Å². The summed E-state index contributed by atoms with van der Waals surface area (Å²) >= 11 is 0. The van der Waals surface area contributed by atoms with Gasteiger partial charge in [-0.05, 0) is 32.8 Å². The normalized spacial score (nSPS) is 12.7. The molecule has 0 aliphatic rings. The first-order valence-corrected chi connectivity index (χ1v) is 6.28. The van der Waals surface area contributed by atoms with E-state index in [9.17, 15) is 0 Å². The molecule has 0 aliphatic carbocycles. The quantitative estimate of drug-likeness (QED) is 0.900. The van der Waals surface area contributed by atoms with Gasteiger partial charge in [0.1, 0.15) is 0 Å². The molecule has 1 unspecified atom stereocenters. The lowest BCUT2D eigenvalue weighted by molar-refractivity contribution is 0.714. The van der Waals surface area contributed by atoms with E-state index in [-0.39, 0.29) is 6.04 Å². The van der Waals surface area contributed by atoms with Crippen LogP contribution < -0.4 is 5.73 Å². The molecule has 0 saturated heterocycles. The van der Waals surface area contributed by atoms with E-state index in [1.165, 1.54) is 16.7 Å². The maximum atomic E-state index is 6.29. The number of benzene rings is 1. The van der Waals surface area contributed by atoms with Gasteiger partial charge in [-0.15, -0.1) is 0 Å². The molecule has 18 heavy (non-hydrogen) atoms. The van der Waals surface area contributed by atoms with Crippen LogP contribution in [0, 0.1) is 20.8 Å². The number of nitrogens with two attached hydrogens (primary N) is 1. The molecule has 0 aliphatic heterocycles. The highest BCUT2D eigenvalue weighted by molar-refractivity contribution is 5.31. The van der Waals surface area contributed by atoms with Crippen LogP contribution >= 0.6 is 0 Å². The molecule has 1 aromatic heterocycles. The van der Waals surface area contributed by atoms with E-state index in [1.54, 1.807) is 0 Å². The van der Waals surface area contributed by atoms with E-state index in [0.29, 0.717) is 0 Å². The third kappa shape index (κ3) is 2.79. The van der Waals surface area contributed by atoms with Crippen LogP contribution in [0.3, 0.4) is 0 Å². The first kappa shape index (κ1) is 12.8. The van der Waals surface area contributed by atoms with Crippen molar-refractivity contribution in [2.75, 3.05) is 0 Å². The zero-order valence-corrected chi connectivity index (χ0v) is 11.6. The molecule has 0 spiro atoms. The lowest BCUT2D eigenvalue weighted by atomic mass is 9.98. The maximum absolute atomic E-state index is 6.29. The predicted molar refractivity (Wildman–Crippen MR) is 74.5 cm³/mol. The monoisotopic (exact) mass is 243 g/mol. The molecule has 0 saturated carbocycles. The number of hydrogen-bond acceptors (Lipinski definition) is 2. The Kier molecular flexibility index (Phi) is 3.53. The first-order valence-electron chi connectivity index (χ1n) is 6.28. The summed E-state index contributed by atoms with van der Waals surface area (Å²) in [5.41, 5.74) is 12.3. The summed E-state index contributed by atoms with van der Waals surface area (Å²) in [5.74, 6) is 0. The number of nitrogens with zero attached hydrogens (tertiary/aromatic N) is 2. The Morgan fingerprint density at radius 2 is 1.78 bits per heavy atom. The summed E-state index contributed by atoms with van der Waals surface area (Å²) in [4.78, 5) is 0. The molecular formula is C15H21N3. The van der Waals surface area contributed by atoms with Gasteiger partial charge in [0.25, 0.3) is 0 Å². The second-order valence-corrected chi connectivity index (χ2v) is 5.15. The Bertz CT molecular complexity index is 535. The van der Waals surface area contributed by atoms with E-state index < -0.39 is 0 Å². The number of hydrogen-bond donors (Lipinski definition) is 1. The maximum Gasteiger partial charge on any atom is 0.0641 e. The third-order valence-corrected chi connectivity index (χ3v) is 3.19. The van der Waals surface area contributed by atoms with Crippen LogP contribution in [0.25, 0.3) is 0 Å². The van der Waals surface area contributed by atoms with Gasteiger partial charge < -0.3 is 5.73 Å². The van der Waals surface area contributed by atoms with Crippen LogP contribution in [0.15, 0.2) is 24.4 Å². The van der Waals surface area contributed by atoms with Crippen LogP contribution in [0.1, 0.15) is 34.0 Å². The van der Waals surface area contributed by atoms with Crippen LogP contribution in [0.4, 0.5) is 0 Å². The Balaban J connectivity index is 2.20. The summed E-state index contributed by atoms with van der Waals surface area (Å²) in [7, 11) is 1.93. The molecular weight excluding hydrogens is 222 g/mol. The van der Waals surface area contributed by atoms with Crippen molar-refractivity contribution in [3.05, 3.63) is 52.3 Å². The van der Waals surface area contributed by atoms with Crippen molar-refractivity contribution in [3.8, 4) is 0 Å². The molecule has 2 N–H and O–H groups in total. The van der Waals surface area contributed by atoms with Gasteiger partial charge in [0, 0.05) is 24.8 Å². The molecule has 2 aromatic rings. The van der Waals surface area contributed by atoms with Crippen molar-refractivity contribution in [3.63, 3.8) is 0 Å². The van der Waals surface area contributed by atoms with Crippen molar-refractivity contribution in [1.29, 1.82) is 0 Å². The summed E-state index contributed by atoms with van der Waals surface area (Å²) in [6.45, 7) is 6.26. The highest BCUT2D eigenvalue weighted by atomic mass is 15.2. The minimum absolute atomic E-state index is 0.0138. The van der Waals surface area contributed by atoms with Crippen molar-refractivity contribution < 1.29 is 0 Å². The van der Waals surface area contributed by atoms with Gasteiger partial charge in [-0.25, -0.2) is 0 Å². The van der Waals surface area contributed by atoms with Crippen molar-refractivity contribution in [2.45, 2.75) is 33.2 Å². The molecule has 3 nitrogen and oxygen atoms in total. The minimum Gasteiger partial charge on any atom is -0.324 e. The molecule has 3 heteroatoms. The average Bonchev–Trinajstić information content (AvgIpc) is 2.56. The smallest absolute Gasteiger partial charge is 0.0641 e. The summed E-state index contributed by atoms with van der Waals surface area (Å²) in [6, 6.07) is 6.61. The number of aromatic nitrogens is 2. The standard InChI is InChI=1S/C15H21N3/c1-10-5-11(2)7-13(6-10)8-15(16)14-9-18(4)17-12(14)3/h5-7,9,15H,8,16H2,1-4H3. The Hall–Kier alpha value is -1.61. The van der Waals surface area contributed by atoms with Crippen LogP contribution in [0.2, 0.25) is 0 Å². The fourth-order valence-electron chi connectivity index (χ4n) is 2.53. The number of aryl methyl sites for hydroxylation is 4. The van der Waals surface area contributed by atoms with Crippen LogP contribution in [0.5, 0.6) is 0 Å². The number of rotatable bonds is 3. The molecule has 2 rings (SSSR count). The molecule has 1 atom stereocenters. The fourth-order valence-corrected chi connectivity index (χ4v) is 2.53. The SMILES string of the molecule is Cc1cc(C)cc(CC(N)c2cn(C)nc2C)c1. The Labute approximate surface area is 109 Å². The zero-order chi connectivity index (χ0) is 13.3. The average molecular weight is 243 g/mol. The van der Waals surface area contributed by atoms with Crippen LogP contribution in [-0.4, -0.2) is 9.78 Å². The van der Waals surface area contributed by atoms with Gasteiger partial charge in [0.05, 0.1) is 5.69 Å². The van der Waals surface area contributed by atoms with E-state index >= 15 is 0 Å². The lowest BCUT2D eigenvalue weighted by Gasteiger charge is -2.12. The lowest BCUT2D eigenvalue weighted by Crippen LogP contribution is -2.14. The molecule has 1 heterocycles. The highest BCUT2D eigenvalue weighted by Crippen LogP contribution is 2.20.